The van der Waals surface area contributed by atoms with Crippen LogP contribution in [-0.2, 0) is 0 Å². The van der Waals surface area contributed by atoms with Crippen LogP contribution in [0.4, 0.5) is 0 Å². The van der Waals surface area contributed by atoms with E-state index in [1.54, 1.807) is 0 Å². The van der Waals surface area contributed by atoms with Gasteiger partial charge in [-0.25, -0.2) is 0 Å². The summed E-state index contributed by atoms with van der Waals surface area (Å²) in [5, 5.41) is 0. The Kier molecular flexibility index (Phi) is 1.69. The van der Waals surface area contributed by atoms with Crippen LogP contribution in [0.3, 0.4) is 0 Å². The highest BCUT2D eigenvalue weighted by Crippen LogP contribution is 2.44. The van der Waals surface area contributed by atoms with E-state index < -0.39 is 0 Å². The Balaban J connectivity index is 2.00. The highest BCUT2D eigenvalue weighted by molar-refractivity contribution is 4.86. The van der Waals surface area contributed by atoms with Crippen LogP contribution in [0.25, 0.3) is 0 Å². The standard InChI is InChI=1S/C9H17N/c10-6-9-4-2-7-1-3-8(9)5-7/h7-9H,1-6,10H2. The molecule has 10 heavy (non-hydrogen) atoms. The monoisotopic (exact) mass is 139 g/mol. The lowest BCUT2D eigenvalue weighted by Crippen LogP contribution is -2.25. The van der Waals surface area contributed by atoms with Gasteiger partial charge in [-0.05, 0) is 43.6 Å². The maximum Gasteiger partial charge on any atom is -0.00462 e. The van der Waals surface area contributed by atoms with E-state index >= 15 is 0 Å². The second-order valence-electron chi connectivity index (χ2n) is 4.01. The van der Waals surface area contributed by atoms with Gasteiger partial charge in [-0.15, -0.1) is 0 Å². The van der Waals surface area contributed by atoms with Gasteiger partial charge in [-0.3, -0.25) is 0 Å². The molecule has 2 rings (SSSR count). The minimum Gasteiger partial charge on any atom is -0.330 e. The SMILES string of the molecule is NCC1CCC2CCC1C2. The molecule has 2 fully saturated rings. The van der Waals surface area contributed by atoms with Crippen LogP contribution < -0.4 is 5.73 Å². The van der Waals surface area contributed by atoms with E-state index in [-0.39, 0.29) is 0 Å². The molecule has 2 bridgehead atoms. The van der Waals surface area contributed by atoms with Crippen LogP contribution in [0.1, 0.15) is 32.1 Å². The molecule has 1 nitrogen and oxygen atoms in total. The van der Waals surface area contributed by atoms with E-state index in [4.69, 9.17) is 5.73 Å². The predicted octanol–water partition coefficient (Wildman–Crippen LogP) is 1.77. The van der Waals surface area contributed by atoms with Gasteiger partial charge in [-0.1, -0.05) is 12.8 Å². The minimum atomic E-state index is 0.888. The number of rotatable bonds is 1. The molecule has 0 aromatic carbocycles. The van der Waals surface area contributed by atoms with Gasteiger partial charge in [-0.2, -0.15) is 0 Å². The Morgan fingerprint density at radius 2 is 1.90 bits per heavy atom. The van der Waals surface area contributed by atoms with E-state index in [1.807, 2.05) is 0 Å². The smallest absolute Gasteiger partial charge is 0.00462 e. The van der Waals surface area contributed by atoms with E-state index in [1.165, 1.54) is 32.1 Å². The van der Waals surface area contributed by atoms with Crippen molar-refractivity contribution in [3.63, 3.8) is 0 Å². The van der Waals surface area contributed by atoms with Crippen molar-refractivity contribution in [3.8, 4) is 0 Å². The largest absolute Gasteiger partial charge is 0.330 e. The van der Waals surface area contributed by atoms with E-state index in [0.29, 0.717) is 0 Å². The summed E-state index contributed by atoms with van der Waals surface area (Å²) in [6.45, 7) is 0.942. The minimum absolute atomic E-state index is 0.888. The lowest BCUT2D eigenvalue weighted by atomic mass is 9.80. The van der Waals surface area contributed by atoms with Crippen LogP contribution >= 0.6 is 0 Å². The zero-order chi connectivity index (χ0) is 6.97. The Morgan fingerprint density at radius 1 is 1.10 bits per heavy atom. The van der Waals surface area contributed by atoms with Crippen molar-refractivity contribution in [2.45, 2.75) is 32.1 Å². The summed E-state index contributed by atoms with van der Waals surface area (Å²) in [7, 11) is 0. The first-order chi connectivity index (χ1) is 4.90. The Morgan fingerprint density at radius 3 is 2.70 bits per heavy atom. The number of fused-ring (bicyclic) bond motifs is 2. The molecule has 0 spiro atoms. The molecule has 2 N–H and O–H groups in total. The lowest BCUT2D eigenvalue weighted by molar-refractivity contribution is 0.252. The van der Waals surface area contributed by atoms with Crippen LogP contribution in [0.5, 0.6) is 0 Å². The van der Waals surface area contributed by atoms with Crippen molar-refractivity contribution in [2.75, 3.05) is 6.54 Å². The Hall–Kier alpha value is -0.0400. The maximum absolute atomic E-state index is 5.69. The first-order valence-corrected chi connectivity index (χ1v) is 4.60. The summed E-state index contributed by atoms with van der Waals surface area (Å²) in [5.74, 6) is 3.00. The molecule has 2 saturated carbocycles. The van der Waals surface area contributed by atoms with Gasteiger partial charge in [0.1, 0.15) is 0 Å². The average molecular weight is 139 g/mol. The van der Waals surface area contributed by atoms with Crippen LogP contribution in [0.15, 0.2) is 0 Å². The topological polar surface area (TPSA) is 26.0 Å². The van der Waals surface area contributed by atoms with Crippen molar-refractivity contribution in [1.29, 1.82) is 0 Å². The van der Waals surface area contributed by atoms with Crippen molar-refractivity contribution >= 4 is 0 Å². The molecule has 2 aliphatic carbocycles. The molecule has 0 heterocycles. The summed E-state index contributed by atoms with van der Waals surface area (Å²) < 4.78 is 0. The summed E-state index contributed by atoms with van der Waals surface area (Å²) in [5.41, 5.74) is 5.69. The fraction of sp³-hybridized carbons (Fsp3) is 1.00. The quantitative estimate of drug-likeness (QED) is 0.588. The molecule has 0 aromatic heterocycles. The Bertz CT molecular complexity index is 122. The van der Waals surface area contributed by atoms with E-state index in [2.05, 4.69) is 0 Å². The zero-order valence-corrected chi connectivity index (χ0v) is 6.55. The van der Waals surface area contributed by atoms with Gasteiger partial charge in [0.25, 0.3) is 0 Å². The molecule has 3 atom stereocenters. The van der Waals surface area contributed by atoms with E-state index in [9.17, 15) is 0 Å². The molecule has 0 amide bonds. The second-order valence-corrected chi connectivity index (χ2v) is 4.01. The molecular formula is C9H17N. The van der Waals surface area contributed by atoms with Crippen molar-refractivity contribution in [1.82, 2.24) is 0 Å². The first-order valence-electron chi connectivity index (χ1n) is 4.60. The third-order valence-corrected chi connectivity index (χ3v) is 3.50. The van der Waals surface area contributed by atoms with Crippen molar-refractivity contribution in [3.05, 3.63) is 0 Å². The highest BCUT2D eigenvalue weighted by atomic mass is 14.6. The number of hydrogen-bond acceptors (Lipinski definition) is 1. The maximum atomic E-state index is 5.69. The Labute approximate surface area is 63.0 Å². The number of nitrogens with two attached hydrogens (primary N) is 1. The first kappa shape index (κ1) is 6.66. The zero-order valence-electron chi connectivity index (χ0n) is 6.55. The fourth-order valence-corrected chi connectivity index (χ4v) is 2.80. The molecule has 0 radical (unpaired) electrons. The summed E-state index contributed by atoms with van der Waals surface area (Å²) in [4.78, 5) is 0. The van der Waals surface area contributed by atoms with Gasteiger partial charge >= 0.3 is 0 Å². The molecule has 0 aliphatic heterocycles. The molecule has 58 valence electrons. The summed E-state index contributed by atoms with van der Waals surface area (Å²) >= 11 is 0. The molecule has 1 heteroatoms. The van der Waals surface area contributed by atoms with Crippen molar-refractivity contribution in [2.24, 2.45) is 23.5 Å². The van der Waals surface area contributed by atoms with Gasteiger partial charge in [0.15, 0.2) is 0 Å². The molecular weight excluding hydrogens is 122 g/mol. The van der Waals surface area contributed by atoms with E-state index in [0.717, 1.165) is 24.3 Å². The summed E-state index contributed by atoms with van der Waals surface area (Å²) in [6.07, 6.45) is 7.37. The predicted molar refractivity (Wildman–Crippen MR) is 42.6 cm³/mol. The third-order valence-electron chi connectivity index (χ3n) is 3.50. The van der Waals surface area contributed by atoms with Gasteiger partial charge in [0.2, 0.25) is 0 Å². The second kappa shape index (κ2) is 2.54. The highest BCUT2D eigenvalue weighted by Gasteiger charge is 2.34. The molecule has 0 aromatic rings. The molecule has 3 unspecified atom stereocenters. The molecule has 2 aliphatic rings. The van der Waals surface area contributed by atoms with Crippen LogP contribution in [0, 0.1) is 17.8 Å². The molecule has 0 saturated heterocycles. The van der Waals surface area contributed by atoms with Gasteiger partial charge in [0, 0.05) is 0 Å². The summed E-state index contributed by atoms with van der Waals surface area (Å²) in [6, 6.07) is 0. The van der Waals surface area contributed by atoms with Gasteiger partial charge in [0.05, 0.1) is 0 Å². The number of hydrogen-bond donors (Lipinski definition) is 1. The van der Waals surface area contributed by atoms with Crippen molar-refractivity contribution < 1.29 is 0 Å². The average Bonchev–Trinajstić information content (AvgIpc) is 2.34. The lowest BCUT2D eigenvalue weighted by Gasteiger charge is -2.27. The van der Waals surface area contributed by atoms with Crippen LogP contribution in [-0.4, -0.2) is 6.54 Å². The normalized spacial score (nSPS) is 45.9. The third kappa shape index (κ3) is 0.968. The van der Waals surface area contributed by atoms with Gasteiger partial charge < -0.3 is 5.73 Å². The van der Waals surface area contributed by atoms with Crippen LogP contribution in [0.2, 0.25) is 0 Å². The fourth-order valence-electron chi connectivity index (χ4n) is 2.80.